The second-order valence-electron chi connectivity index (χ2n) is 4.76. The molecule has 1 aromatic heterocycles. The lowest BCUT2D eigenvalue weighted by molar-refractivity contribution is 0.597. The summed E-state index contributed by atoms with van der Waals surface area (Å²) < 4.78 is 13.8. The van der Waals surface area contributed by atoms with Gasteiger partial charge in [-0.3, -0.25) is 0 Å². The maximum Gasteiger partial charge on any atom is 0.208 e. The Morgan fingerprint density at radius 2 is 1.80 bits per heavy atom. The van der Waals surface area contributed by atoms with E-state index in [9.17, 15) is 4.39 Å². The molecule has 1 saturated heterocycles. The Morgan fingerprint density at radius 1 is 1.10 bits per heavy atom. The monoisotopic (exact) mass is 292 g/mol. The number of piperazine rings is 1. The maximum atomic E-state index is 13.8. The van der Waals surface area contributed by atoms with Crippen molar-refractivity contribution in [2.24, 2.45) is 0 Å². The highest BCUT2D eigenvalue weighted by molar-refractivity contribution is 7.15. The van der Waals surface area contributed by atoms with Gasteiger partial charge in [0.2, 0.25) is 5.13 Å². The van der Waals surface area contributed by atoms with Crippen molar-refractivity contribution < 1.29 is 4.39 Å². The van der Waals surface area contributed by atoms with Crippen molar-refractivity contribution in [2.75, 3.05) is 36.0 Å². The fraction of sp³-hybridized carbons (Fsp3) is 0.429. The molecule has 0 radical (unpaired) electrons. The van der Waals surface area contributed by atoms with Gasteiger partial charge >= 0.3 is 0 Å². The normalized spacial score (nSPS) is 15.7. The fourth-order valence-electron chi connectivity index (χ4n) is 2.36. The Kier molecular flexibility index (Phi) is 3.82. The quantitative estimate of drug-likeness (QED) is 0.870. The molecule has 0 amide bonds. The predicted octanol–water partition coefficient (Wildman–Crippen LogP) is 2.57. The van der Waals surface area contributed by atoms with Crippen LogP contribution in [0.4, 0.5) is 15.2 Å². The lowest BCUT2D eigenvalue weighted by Gasteiger charge is -2.35. The van der Waals surface area contributed by atoms with Crippen molar-refractivity contribution in [3.8, 4) is 0 Å². The van der Waals surface area contributed by atoms with Gasteiger partial charge in [-0.2, -0.15) is 0 Å². The van der Waals surface area contributed by atoms with E-state index in [1.54, 1.807) is 17.4 Å². The third kappa shape index (κ3) is 2.60. The van der Waals surface area contributed by atoms with Crippen LogP contribution in [0.5, 0.6) is 0 Å². The van der Waals surface area contributed by atoms with Gasteiger partial charge in [-0.1, -0.05) is 30.4 Å². The molecule has 2 aromatic rings. The number of rotatable bonds is 3. The summed E-state index contributed by atoms with van der Waals surface area (Å²) in [4.78, 5) is 4.32. The van der Waals surface area contributed by atoms with Crippen molar-refractivity contribution in [2.45, 2.75) is 13.3 Å². The molecule has 0 atom stereocenters. The fourth-order valence-corrected chi connectivity index (χ4v) is 3.19. The van der Waals surface area contributed by atoms with Crippen molar-refractivity contribution in [1.29, 1.82) is 0 Å². The van der Waals surface area contributed by atoms with Crippen LogP contribution in [0, 0.1) is 5.82 Å². The van der Waals surface area contributed by atoms with Crippen LogP contribution < -0.4 is 9.80 Å². The molecule has 0 spiro atoms. The Morgan fingerprint density at radius 3 is 2.45 bits per heavy atom. The lowest BCUT2D eigenvalue weighted by Crippen LogP contribution is -2.46. The van der Waals surface area contributed by atoms with Gasteiger partial charge in [-0.05, 0) is 18.6 Å². The standard InChI is InChI=1S/C14H17FN4S/c1-2-13-16-17-14(20-13)19-9-7-18(8-10-19)12-6-4-3-5-11(12)15/h3-6H,2,7-10H2,1H3. The summed E-state index contributed by atoms with van der Waals surface area (Å²) in [5.41, 5.74) is 0.693. The van der Waals surface area contributed by atoms with Gasteiger partial charge in [0.05, 0.1) is 5.69 Å². The summed E-state index contributed by atoms with van der Waals surface area (Å²) in [7, 11) is 0. The van der Waals surface area contributed by atoms with E-state index in [1.165, 1.54) is 6.07 Å². The molecule has 0 aliphatic carbocycles. The molecule has 3 rings (SSSR count). The first-order valence-corrected chi connectivity index (χ1v) is 7.66. The molecule has 1 aliphatic heterocycles. The summed E-state index contributed by atoms with van der Waals surface area (Å²) in [5, 5.41) is 10.4. The van der Waals surface area contributed by atoms with E-state index in [1.807, 2.05) is 12.1 Å². The Hall–Kier alpha value is -1.69. The first kappa shape index (κ1) is 13.3. The lowest BCUT2D eigenvalue weighted by atomic mass is 10.2. The molecular formula is C14H17FN4S. The predicted molar refractivity (Wildman–Crippen MR) is 80.1 cm³/mol. The van der Waals surface area contributed by atoms with Crippen LogP contribution in [0.3, 0.4) is 0 Å². The van der Waals surface area contributed by atoms with Crippen LogP contribution in [-0.2, 0) is 6.42 Å². The van der Waals surface area contributed by atoms with Gasteiger partial charge in [-0.25, -0.2) is 4.39 Å². The molecule has 0 bridgehead atoms. The molecule has 20 heavy (non-hydrogen) atoms. The number of aromatic nitrogens is 2. The van der Waals surface area contributed by atoms with E-state index in [2.05, 4.69) is 26.9 Å². The average Bonchev–Trinajstić information content (AvgIpc) is 2.97. The van der Waals surface area contributed by atoms with Crippen molar-refractivity contribution in [1.82, 2.24) is 10.2 Å². The third-order valence-electron chi connectivity index (χ3n) is 3.50. The smallest absolute Gasteiger partial charge is 0.208 e. The van der Waals surface area contributed by atoms with Crippen molar-refractivity contribution in [3.63, 3.8) is 0 Å². The van der Waals surface area contributed by atoms with Crippen LogP contribution in [-0.4, -0.2) is 36.4 Å². The molecule has 0 unspecified atom stereocenters. The van der Waals surface area contributed by atoms with Crippen LogP contribution in [0.2, 0.25) is 0 Å². The summed E-state index contributed by atoms with van der Waals surface area (Å²) in [6.45, 7) is 5.41. The van der Waals surface area contributed by atoms with Gasteiger partial charge < -0.3 is 9.80 Å². The number of halogens is 1. The summed E-state index contributed by atoms with van der Waals surface area (Å²) in [6.07, 6.45) is 0.923. The minimum atomic E-state index is -0.148. The molecule has 4 nitrogen and oxygen atoms in total. The summed E-state index contributed by atoms with van der Waals surface area (Å²) >= 11 is 1.65. The topological polar surface area (TPSA) is 32.3 Å². The highest BCUT2D eigenvalue weighted by atomic mass is 32.1. The number of nitrogens with zero attached hydrogens (tertiary/aromatic N) is 4. The van der Waals surface area contributed by atoms with Crippen molar-refractivity contribution in [3.05, 3.63) is 35.1 Å². The summed E-state index contributed by atoms with van der Waals surface area (Å²) in [6, 6.07) is 6.96. The number of hydrogen-bond acceptors (Lipinski definition) is 5. The highest BCUT2D eigenvalue weighted by Crippen LogP contribution is 2.24. The first-order chi connectivity index (χ1) is 9.78. The minimum absolute atomic E-state index is 0.148. The van der Waals surface area contributed by atoms with Gasteiger partial charge in [0.15, 0.2) is 0 Å². The van der Waals surface area contributed by atoms with Gasteiger partial charge in [0.1, 0.15) is 10.8 Å². The Labute approximate surface area is 121 Å². The zero-order valence-corrected chi connectivity index (χ0v) is 12.2. The third-order valence-corrected chi connectivity index (χ3v) is 4.63. The highest BCUT2D eigenvalue weighted by Gasteiger charge is 2.21. The minimum Gasteiger partial charge on any atom is -0.366 e. The average molecular weight is 292 g/mol. The number of aryl methyl sites for hydroxylation is 1. The van der Waals surface area contributed by atoms with Gasteiger partial charge in [-0.15, -0.1) is 10.2 Å². The van der Waals surface area contributed by atoms with Crippen LogP contribution in [0.1, 0.15) is 11.9 Å². The van der Waals surface area contributed by atoms with E-state index in [4.69, 9.17) is 0 Å². The number of anilines is 2. The largest absolute Gasteiger partial charge is 0.366 e. The van der Waals surface area contributed by atoms with Crippen molar-refractivity contribution >= 4 is 22.2 Å². The van der Waals surface area contributed by atoms with Crippen LogP contribution in [0.15, 0.2) is 24.3 Å². The van der Waals surface area contributed by atoms with Crippen LogP contribution in [0.25, 0.3) is 0 Å². The van der Waals surface area contributed by atoms with E-state index < -0.39 is 0 Å². The molecule has 0 N–H and O–H groups in total. The van der Waals surface area contributed by atoms with Crippen LogP contribution >= 0.6 is 11.3 Å². The zero-order valence-electron chi connectivity index (χ0n) is 11.4. The van der Waals surface area contributed by atoms with Gasteiger partial charge in [0.25, 0.3) is 0 Å². The molecule has 1 aromatic carbocycles. The van der Waals surface area contributed by atoms with Gasteiger partial charge in [0, 0.05) is 26.2 Å². The SMILES string of the molecule is CCc1nnc(N2CCN(c3ccccc3F)CC2)s1. The number of benzene rings is 1. The molecule has 2 heterocycles. The molecule has 1 fully saturated rings. The molecule has 6 heteroatoms. The number of hydrogen-bond donors (Lipinski definition) is 0. The van der Waals surface area contributed by atoms with E-state index in [0.717, 1.165) is 42.7 Å². The number of para-hydroxylation sites is 1. The molecular weight excluding hydrogens is 275 g/mol. The maximum absolute atomic E-state index is 13.8. The second kappa shape index (κ2) is 5.75. The first-order valence-electron chi connectivity index (χ1n) is 6.84. The van der Waals surface area contributed by atoms with E-state index in [-0.39, 0.29) is 5.82 Å². The zero-order chi connectivity index (χ0) is 13.9. The molecule has 106 valence electrons. The second-order valence-corrected chi connectivity index (χ2v) is 5.80. The Bertz CT molecular complexity index is 578. The molecule has 0 saturated carbocycles. The Balaban J connectivity index is 1.66. The molecule has 1 aliphatic rings. The van der Waals surface area contributed by atoms with E-state index >= 15 is 0 Å². The summed E-state index contributed by atoms with van der Waals surface area (Å²) in [5.74, 6) is -0.148. The van der Waals surface area contributed by atoms with E-state index in [0.29, 0.717) is 5.69 Å².